The summed E-state index contributed by atoms with van der Waals surface area (Å²) in [6, 6.07) is 14.3. The number of esters is 1. The zero-order valence-corrected chi connectivity index (χ0v) is 15.0. The number of ether oxygens (including phenoxy) is 1. The van der Waals surface area contributed by atoms with Crippen LogP contribution in [0, 0.1) is 0 Å². The maximum absolute atomic E-state index is 12.2. The van der Waals surface area contributed by atoms with Crippen LogP contribution in [-0.4, -0.2) is 34.2 Å². The van der Waals surface area contributed by atoms with Crippen LogP contribution in [0.5, 0.6) is 0 Å². The van der Waals surface area contributed by atoms with Crippen LogP contribution in [0.1, 0.15) is 17.3 Å². The van der Waals surface area contributed by atoms with Crippen LogP contribution in [0.25, 0.3) is 10.9 Å². The molecule has 0 spiro atoms. The highest BCUT2D eigenvalue weighted by Crippen LogP contribution is 2.24. The van der Waals surface area contributed by atoms with Crippen LogP contribution >= 0.6 is 11.8 Å². The Morgan fingerprint density at radius 2 is 1.85 bits per heavy atom. The van der Waals surface area contributed by atoms with E-state index in [9.17, 15) is 9.59 Å². The molecule has 1 amide bonds. The molecule has 1 N–H and O–H groups in total. The number of carbonyl (C=O) groups excluding carboxylic acids is 2. The lowest BCUT2D eigenvalue weighted by atomic mass is 10.2. The van der Waals surface area contributed by atoms with Crippen LogP contribution < -0.4 is 5.32 Å². The summed E-state index contributed by atoms with van der Waals surface area (Å²) in [6.07, 6.45) is 1.50. The lowest BCUT2D eigenvalue weighted by Gasteiger charge is -2.07. The number of hydrogen-bond donors (Lipinski definition) is 1. The van der Waals surface area contributed by atoms with Crippen molar-refractivity contribution in [2.24, 2.45) is 0 Å². The number of fused-ring (bicyclic) bond motifs is 1. The average molecular weight is 367 g/mol. The first-order chi connectivity index (χ1) is 12.7. The van der Waals surface area contributed by atoms with E-state index in [0.717, 1.165) is 15.9 Å². The van der Waals surface area contributed by atoms with Gasteiger partial charge in [-0.05, 0) is 37.3 Å². The molecular formula is C19H17N3O3S. The number of nitrogens with one attached hydrogen (secondary N) is 1. The Morgan fingerprint density at radius 1 is 1.08 bits per heavy atom. The third-order valence-electron chi connectivity index (χ3n) is 3.53. The monoisotopic (exact) mass is 367 g/mol. The van der Waals surface area contributed by atoms with Gasteiger partial charge in [-0.3, -0.25) is 4.79 Å². The summed E-state index contributed by atoms with van der Waals surface area (Å²) in [4.78, 5) is 32.3. The molecule has 0 bridgehead atoms. The lowest BCUT2D eigenvalue weighted by Crippen LogP contribution is -2.14. The number of nitrogens with zero attached hydrogens (tertiary/aromatic N) is 2. The first-order valence-electron chi connectivity index (χ1n) is 8.07. The standard InChI is InChI=1S/C19H17N3O3S/c1-2-25-19(24)13-7-9-14(10-8-13)22-17(23)11-26-18-15-5-3-4-6-16(15)20-12-21-18/h3-10,12H,2,11H2,1H3,(H,22,23). The molecule has 0 atom stereocenters. The predicted molar refractivity (Wildman–Crippen MR) is 101 cm³/mol. The van der Waals surface area contributed by atoms with E-state index in [2.05, 4.69) is 15.3 Å². The first kappa shape index (κ1) is 17.9. The summed E-state index contributed by atoms with van der Waals surface area (Å²) in [5.41, 5.74) is 1.92. The Morgan fingerprint density at radius 3 is 2.62 bits per heavy atom. The van der Waals surface area contributed by atoms with Gasteiger partial charge in [-0.25, -0.2) is 14.8 Å². The van der Waals surface area contributed by atoms with Crippen molar-refractivity contribution in [1.82, 2.24) is 9.97 Å². The van der Waals surface area contributed by atoms with Crippen molar-refractivity contribution in [1.29, 1.82) is 0 Å². The van der Waals surface area contributed by atoms with Crippen LogP contribution in [0.4, 0.5) is 5.69 Å². The van der Waals surface area contributed by atoms with E-state index in [1.807, 2.05) is 24.3 Å². The first-order valence-corrected chi connectivity index (χ1v) is 9.05. The van der Waals surface area contributed by atoms with E-state index in [1.54, 1.807) is 31.2 Å². The summed E-state index contributed by atoms with van der Waals surface area (Å²) in [6.45, 7) is 2.08. The van der Waals surface area contributed by atoms with Crippen molar-refractivity contribution in [3.8, 4) is 0 Å². The Hall–Kier alpha value is -2.93. The van der Waals surface area contributed by atoms with Gasteiger partial charge in [0.25, 0.3) is 0 Å². The summed E-state index contributed by atoms with van der Waals surface area (Å²) < 4.78 is 4.93. The number of benzene rings is 2. The minimum atomic E-state index is -0.378. The molecule has 0 aliphatic heterocycles. The molecule has 1 aromatic heterocycles. The van der Waals surface area contributed by atoms with Gasteiger partial charge in [0.1, 0.15) is 11.4 Å². The van der Waals surface area contributed by atoms with Crippen molar-refractivity contribution >= 4 is 40.2 Å². The normalized spacial score (nSPS) is 10.5. The molecule has 132 valence electrons. The lowest BCUT2D eigenvalue weighted by molar-refractivity contribution is -0.113. The van der Waals surface area contributed by atoms with Crippen molar-refractivity contribution in [3.63, 3.8) is 0 Å². The number of carbonyl (C=O) groups is 2. The molecule has 0 fully saturated rings. The van der Waals surface area contributed by atoms with Crippen molar-refractivity contribution in [2.45, 2.75) is 11.9 Å². The fourth-order valence-corrected chi connectivity index (χ4v) is 3.12. The highest BCUT2D eigenvalue weighted by Gasteiger charge is 2.09. The van der Waals surface area contributed by atoms with E-state index in [0.29, 0.717) is 17.9 Å². The van der Waals surface area contributed by atoms with E-state index >= 15 is 0 Å². The van der Waals surface area contributed by atoms with Gasteiger partial charge < -0.3 is 10.1 Å². The molecular weight excluding hydrogens is 350 g/mol. The number of hydrogen-bond acceptors (Lipinski definition) is 6. The molecule has 2 aromatic carbocycles. The van der Waals surface area contributed by atoms with Crippen molar-refractivity contribution in [3.05, 3.63) is 60.4 Å². The Bertz CT molecular complexity index is 923. The van der Waals surface area contributed by atoms with Gasteiger partial charge in [0.15, 0.2) is 0 Å². The molecule has 0 aliphatic rings. The molecule has 26 heavy (non-hydrogen) atoms. The number of aromatic nitrogens is 2. The van der Waals surface area contributed by atoms with E-state index < -0.39 is 0 Å². The third-order valence-corrected chi connectivity index (χ3v) is 4.53. The molecule has 0 unspecified atom stereocenters. The minimum Gasteiger partial charge on any atom is -0.462 e. The van der Waals surface area contributed by atoms with Gasteiger partial charge in [0, 0.05) is 11.1 Å². The van der Waals surface area contributed by atoms with Gasteiger partial charge in [-0.15, -0.1) is 0 Å². The Balaban J connectivity index is 1.59. The summed E-state index contributed by atoms with van der Waals surface area (Å²) in [7, 11) is 0. The summed E-state index contributed by atoms with van der Waals surface area (Å²) in [5.74, 6) is -0.307. The number of anilines is 1. The number of rotatable bonds is 6. The maximum Gasteiger partial charge on any atom is 0.338 e. The number of para-hydroxylation sites is 1. The second kappa shape index (κ2) is 8.44. The number of thioether (sulfide) groups is 1. The maximum atomic E-state index is 12.2. The molecule has 0 aliphatic carbocycles. The second-order valence-corrected chi connectivity index (χ2v) is 6.29. The molecule has 3 rings (SSSR count). The van der Waals surface area contributed by atoms with E-state index in [1.165, 1.54) is 18.1 Å². The zero-order valence-electron chi connectivity index (χ0n) is 14.1. The quantitative estimate of drug-likeness (QED) is 0.408. The van der Waals surface area contributed by atoms with E-state index in [-0.39, 0.29) is 17.6 Å². The molecule has 0 saturated heterocycles. The predicted octanol–water partition coefficient (Wildman–Crippen LogP) is 3.54. The summed E-state index contributed by atoms with van der Waals surface area (Å²) >= 11 is 1.35. The Kier molecular flexibility index (Phi) is 5.80. The van der Waals surface area contributed by atoms with Crippen LogP contribution in [0.3, 0.4) is 0 Å². The molecule has 0 radical (unpaired) electrons. The van der Waals surface area contributed by atoms with Crippen molar-refractivity contribution in [2.75, 3.05) is 17.7 Å². The molecule has 1 heterocycles. The summed E-state index contributed by atoms with van der Waals surface area (Å²) in [5, 5.41) is 4.49. The average Bonchev–Trinajstić information content (AvgIpc) is 2.67. The smallest absolute Gasteiger partial charge is 0.338 e. The highest BCUT2D eigenvalue weighted by molar-refractivity contribution is 8.00. The van der Waals surface area contributed by atoms with E-state index in [4.69, 9.17) is 4.74 Å². The van der Waals surface area contributed by atoms with Crippen LogP contribution in [0.2, 0.25) is 0 Å². The molecule has 7 heteroatoms. The third kappa shape index (κ3) is 4.37. The molecule has 6 nitrogen and oxygen atoms in total. The van der Waals surface area contributed by atoms with Gasteiger partial charge in [0.2, 0.25) is 5.91 Å². The minimum absolute atomic E-state index is 0.151. The van der Waals surface area contributed by atoms with Gasteiger partial charge in [-0.2, -0.15) is 0 Å². The fraction of sp³-hybridized carbons (Fsp3) is 0.158. The zero-order chi connectivity index (χ0) is 18.4. The Labute approximate surface area is 155 Å². The van der Waals surface area contributed by atoms with Gasteiger partial charge in [-0.1, -0.05) is 30.0 Å². The van der Waals surface area contributed by atoms with Gasteiger partial charge in [0.05, 0.1) is 23.4 Å². The largest absolute Gasteiger partial charge is 0.462 e. The molecule has 3 aromatic rings. The fourth-order valence-electron chi connectivity index (χ4n) is 2.33. The van der Waals surface area contributed by atoms with Crippen molar-refractivity contribution < 1.29 is 14.3 Å². The SMILES string of the molecule is CCOC(=O)c1ccc(NC(=O)CSc2ncnc3ccccc23)cc1. The topological polar surface area (TPSA) is 81.2 Å². The number of amides is 1. The molecule has 0 saturated carbocycles. The van der Waals surface area contributed by atoms with Crippen LogP contribution in [0.15, 0.2) is 59.9 Å². The highest BCUT2D eigenvalue weighted by atomic mass is 32.2. The second-order valence-electron chi connectivity index (χ2n) is 5.33. The van der Waals surface area contributed by atoms with Crippen LogP contribution in [-0.2, 0) is 9.53 Å². The van der Waals surface area contributed by atoms with Gasteiger partial charge >= 0.3 is 5.97 Å².